The number of hydrogen-bond donors (Lipinski definition) is 1. The number of nitrogens with zero attached hydrogens (tertiary/aromatic N) is 3. The van der Waals surface area contributed by atoms with Crippen LogP contribution in [0.2, 0.25) is 5.02 Å². The first-order valence-corrected chi connectivity index (χ1v) is 19.8. The van der Waals surface area contributed by atoms with Crippen molar-refractivity contribution in [1.82, 2.24) is 9.71 Å². The third-order valence-corrected chi connectivity index (χ3v) is 13.0. The highest BCUT2D eigenvalue weighted by molar-refractivity contribution is 7.92. The average molecular weight is 717 g/mol. The fraction of sp³-hybridized carbons (Fsp3) is 0.462. The van der Waals surface area contributed by atoms with Crippen LogP contribution >= 0.6 is 11.6 Å². The van der Waals surface area contributed by atoms with Crippen LogP contribution in [0.5, 0.6) is 5.75 Å². The van der Waals surface area contributed by atoms with Gasteiger partial charge in [0.15, 0.2) is 0 Å². The summed E-state index contributed by atoms with van der Waals surface area (Å²) in [6.45, 7) is 2.03. The van der Waals surface area contributed by atoms with Crippen LogP contribution < -0.4 is 14.4 Å². The quantitative estimate of drug-likeness (QED) is 0.287. The van der Waals surface area contributed by atoms with E-state index in [0.717, 1.165) is 61.5 Å². The second-order valence-electron chi connectivity index (χ2n) is 14.2. The Balaban J connectivity index is 1.24. The number of amides is 2. The molecule has 1 saturated carbocycles. The Morgan fingerprint density at radius 2 is 2.00 bits per heavy atom. The molecule has 1 N–H and O–H groups in total. The lowest BCUT2D eigenvalue weighted by molar-refractivity contribution is -0.119. The molecule has 3 heterocycles. The van der Waals surface area contributed by atoms with E-state index in [1.165, 1.54) is 11.1 Å². The minimum atomic E-state index is -3.40. The average Bonchev–Trinajstić information content (AvgIpc) is 3.25. The third kappa shape index (κ3) is 7.48. The third-order valence-electron chi connectivity index (χ3n) is 10.9. The van der Waals surface area contributed by atoms with E-state index in [0.29, 0.717) is 49.0 Å². The highest BCUT2D eigenvalue weighted by Gasteiger charge is 2.44. The molecular formula is C39H45ClN4O5S. The fourth-order valence-electron chi connectivity index (χ4n) is 8.15. The zero-order valence-electron chi connectivity index (χ0n) is 28.5. The Kier molecular flexibility index (Phi) is 10.3. The minimum Gasteiger partial charge on any atom is -0.490 e. The summed E-state index contributed by atoms with van der Waals surface area (Å²) in [6.07, 6.45) is 14.4. The normalized spacial score (nSPS) is 28.6. The zero-order chi connectivity index (χ0) is 34.7. The molecular weight excluding hydrogens is 672 g/mol. The van der Waals surface area contributed by atoms with Gasteiger partial charge in [-0.3, -0.25) is 19.3 Å². The largest absolute Gasteiger partial charge is 0.490 e. The van der Waals surface area contributed by atoms with Crippen molar-refractivity contribution in [1.29, 1.82) is 0 Å². The number of rotatable bonds is 5. The molecule has 2 aliphatic carbocycles. The van der Waals surface area contributed by atoms with Gasteiger partial charge in [0.1, 0.15) is 15.7 Å². The Morgan fingerprint density at radius 1 is 1.14 bits per heavy atom. The number of benzene rings is 2. The van der Waals surface area contributed by atoms with Crippen LogP contribution in [0, 0.1) is 11.8 Å². The molecule has 1 unspecified atom stereocenters. The van der Waals surface area contributed by atoms with Crippen molar-refractivity contribution in [2.75, 3.05) is 37.5 Å². The van der Waals surface area contributed by atoms with E-state index in [9.17, 15) is 13.8 Å². The molecule has 1 fully saturated rings. The highest BCUT2D eigenvalue weighted by atomic mass is 35.5. The summed E-state index contributed by atoms with van der Waals surface area (Å²) in [5.41, 5.74) is 4.39. The summed E-state index contributed by atoms with van der Waals surface area (Å²) in [7, 11) is -1.64. The van der Waals surface area contributed by atoms with E-state index in [2.05, 4.69) is 43.3 Å². The molecule has 2 aromatic carbocycles. The van der Waals surface area contributed by atoms with E-state index in [1.807, 2.05) is 30.3 Å². The lowest BCUT2D eigenvalue weighted by Gasteiger charge is -2.46. The van der Waals surface area contributed by atoms with Gasteiger partial charge in [-0.15, -0.1) is 4.36 Å². The van der Waals surface area contributed by atoms with Crippen LogP contribution in [-0.2, 0) is 37.7 Å². The first-order valence-electron chi connectivity index (χ1n) is 17.7. The maximum absolute atomic E-state index is 14.2. The molecule has 0 saturated heterocycles. The summed E-state index contributed by atoms with van der Waals surface area (Å²) < 4.78 is 33.8. The first kappa shape index (κ1) is 34.7. The van der Waals surface area contributed by atoms with Crippen LogP contribution in [-0.4, -0.2) is 59.7 Å². The molecule has 3 aromatic rings. The SMILES string of the molecule is CO[C@H]1/C=C\CCCS(=O)(NC(=O)CCc2ccncc2)=NC(=O)c2ccc3c(c2)N(C[C@@H]2CC[C@H]21)C[C@@]1(CCCc2cc(Cl)ccc21)CO3. The van der Waals surface area contributed by atoms with Crippen LogP contribution in [0.3, 0.4) is 0 Å². The molecule has 1 spiro atoms. The summed E-state index contributed by atoms with van der Waals surface area (Å²) in [4.78, 5) is 33.4. The number of methoxy groups -OCH3 is 1. The van der Waals surface area contributed by atoms with Crippen LogP contribution in [0.15, 0.2) is 77.4 Å². The molecule has 2 aliphatic heterocycles. The monoisotopic (exact) mass is 716 g/mol. The van der Waals surface area contributed by atoms with Gasteiger partial charge in [0, 0.05) is 55.0 Å². The molecule has 7 rings (SSSR count). The lowest BCUT2D eigenvalue weighted by Crippen LogP contribution is -2.49. The van der Waals surface area contributed by atoms with Gasteiger partial charge < -0.3 is 14.4 Å². The van der Waals surface area contributed by atoms with Crippen molar-refractivity contribution in [3.05, 3.63) is 100 Å². The van der Waals surface area contributed by atoms with Crippen LogP contribution in [0.4, 0.5) is 5.69 Å². The number of carbonyl (C=O) groups is 2. The minimum absolute atomic E-state index is 0.0364. The Labute approximate surface area is 300 Å². The van der Waals surface area contributed by atoms with Crippen molar-refractivity contribution < 1.29 is 23.3 Å². The number of aromatic nitrogens is 1. The van der Waals surface area contributed by atoms with Gasteiger partial charge in [-0.2, -0.15) is 0 Å². The summed E-state index contributed by atoms with van der Waals surface area (Å²) in [5.74, 6) is 0.495. The Bertz CT molecular complexity index is 1890. The number of ether oxygens (including phenoxy) is 2. The maximum Gasteiger partial charge on any atom is 0.286 e. The smallest absolute Gasteiger partial charge is 0.286 e. The molecule has 9 nitrogen and oxygen atoms in total. The van der Waals surface area contributed by atoms with Gasteiger partial charge in [-0.05, 0) is 122 Å². The second-order valence-corrected chi connectivity index (χ2v) is 16.7. The van der Waals surface area contributed by atoms with Crippen LogP contribution in [0.1, 0.15) is 72.0 Å². The van der Waals surface area contributed by atoms with E-state index in [4.69, 9.17) is 21.1 Å². The number of hydrogen-bond acceptors (Lipinski definition) is 7. The first-order chi connectivity index (χ1) is 24.2. The lowest BCUT2D eigenvalue weighted by atomic mass is 9.68. The predicted molar refractivity (Wildman–Crippen MR) is 196 cm³/mol. The molecule has 50 heavy (non-hydrogen) atoms. The molecule has 264 valence electrons. The number of halogens is 1. The molecule has 4 aliphatic rings. The van der Waals surface area contributed by atoms with E-state index in [1.54, 1.807) is 25.6 Å². The van der Waals surface area contributed by atoms with Crippen molar-refractivity contribution in [2.45, 2.75) is 69.3 Å². The molecule has 1 aromatic heterocycles. The second kappa shape index (κ2) is 14.9. The van der Waals surface area contributed by atoms with Crippen molar-refractivity contribution in [2.24, 2.45) is 16.2 Å². The van der Waals surface area contributed by atoms with Crippen molar-refractivity contribution >= 4 is 39.0 Å². The number of nitrogens with one attached hydrogen (secondary N) is 1. The number of allylic oxidation sites excluding steroid dienone is 1. The summed E-state index contributed by atoms with van der Waals surface area (Å²) in [6, 6.07) is 15.3. The van der Waals surface area contributed by atoms with Gasteiger partial charge in [-0.1, -0.05) is 29.8 Å². The molecule has 2 amide bonds. The maximum atomic E-state index is 14.2. The predicted octanol–water partition coefficient (Wildman–Crippen LogP) is 6.87. The van der Waals surface area contributed by atoms with Gasteiger partial charge in [-0.25, -0.2) is 4.21 Å². The van der Waals surface area contributed by atoms with Gasteiger partial charge in [0.25, 0.3) is 5.91 Å². The number of pyridine rings is 1. The van der Waals surface area contributed by atoms with Crippen molar-refractivity contribution in [3.63, 3.8) is 0 Å². The fourth-order valence-corrected chi connectivity index (χ4v) is 9.97. The van der Waals surface area contributed by atoms with Gasteiger partial charge >= 0.3 is 0 Å². The van der Waals surface area contributed by atoms with E-state index < -0.39 is 21.7 Å². The molecule has 11 heteroatoms. The molecule has 5 atom stereocenters. The topological polar surface area (TPSA) is 110 Å². The number of fused-ring (bicyclic) bond motifs is 4. The van der Waals surface area contributed by atoms with Gasteiger partial charge in [0.05, 0.1) is 24.2 Å². The number of carbonyl (C=O) groups excluding carboxylic acids is 2. The zero-order valence-corrected chi connectivity index (χ0v) is 30.1. The molecule has 0 radical (unpaired) electrons. The highest BCUT2D eigenvalue weighted by Crippen LogP contribution is 2.47. The van der Waals surface area contributed by atoms with Crippen LogP contribution in [0.25, 0.3) is 0 Å². The Morgan fingerprint density at radius 3 is 2.80 bits per heavy atom. The van der Waals surface area contributed by atoms with Crippen molar-refractivity contribution in [3.8, 4) is 5.75 Å². The van der Waals surface area contributed by atoms with E-state index >= 15 is 0 Å². The standard InChI is InChI=1S/C39H45ClN4O5S/c1-48-35-7-3-2-4-21-50(47,42-37(45)15-8-27-16-19-41-20-17-27)43-38(46)29-10-14-36-34(23-29)44(24-30-9-12-32(30)35)25-39(26-49-36)18-5-6-28-22-31(40)11-13-33(28)39/h3,7,10-11,13-14,16-17,19-20,22-23,30,32,35H,2,4-6,8-9,12,15,18,21,24-26H2,1H3,(H,42,43,45,46,47)/b7-3-/t30-,32+,35-,39-,50?/m0/s1. The number of aryl methyl sites for hydroxylation is 2. The van der Waals surface area contributed by atoms with E-state index in [-0.39, 0.29) is 23.7 Å². The summed E-state index contributed by atoms with van der Waals surface area (Å²) in [5, 5.41) is 0.744. The van der Waals surface area contributed by atoms with Gasteiger partial charge in [0.2, 0.25) is 5.91 Å². The Hall–Kier alpha value is -3.73. The molecule has 2 bridgehead atoms. The number of anilines is 1. The summed E-state index contributed by atoms with van der Waals surface area (Å²) >= 11 is 6.45.